The van der Waals surface area contributed by atoms with Crippen LogP contribution in [0.15, 0.2) is 66.7 Å². The molecule has 156 valence electrons. The molecule has 2 N–H and O–H groups in total. The number of anilines is 1. The molecule has 1 aromatic heterocycles. The number of nitrogens with one attached hydrogen (secondary N) is 1. The quantitative estimate of drug-likeness (QED) is 0.326. The number of carboxylic acids is 1. The van der Waals surface area contributed by atoms with Gasteiger partial charge in [-0.15, -0.1) is 11.3 Å². The predicted molar refractivity (Wildman–Crippen MR) is 124 cm³/mol. The minimum absolute atomic E-state index is 0.0454. The highest BCUT2D eigenvalue weighted by Crippen LogP contribution is 2.36. The molecule has 0 spiro atoms. The lowest BCUT2D eigenvalue weighted by Crippen LogP contribution is -2.12. The first-order valence-corrected chi connectivity index (χ1v) is 10.7. The molecule has 0 saturated heterocycles. The van der Waals surface area contributed by atoms with E-state index in [9.17, 15) is 14.7 Å². The van der Waals surface area contributed by atoms with Crippen LogP contribution in [-0.2, 0) is 6.61 Å². The van der Waals surface area contributed by atoms with Gasteiger partial charge in [0.05, 0.1) is 16.3 Å². The Bertz CT molecular complexity index is 1280. The van der Waals surface area contributed by atoms with Gasteiger partial charge in [-0.05, 0) is 42.0 Å². The van der Waals surface area contributed by atoms with Gasteiger partial charge in [0.15, 0.2) is 0 Å². The minimum atomic E-state index is -1.10. The summed E-state index contributed by atoms with van der Waals surface area (Å²) in [4.78, 5) is 24.7. The van der Waals surface area contributed by atoms with E-state index in [0.717, 1.165) is 15.6 Å². The number of carboxylic acid groups (broad SMARTS) is 1. The first-order valence-electron chi connectivity index (χ1n) is 9.15. The molecule has 0 bridgehead atoms. The van der Waals surface area contributed by atoms with Crippen molar-refractivity contribution < 1.29 is 19.4 Å². The molecule has 0 atom stereocenters. The van der Waals surface area contributed by atoms with E-state index >= 15 is 0 Å². The van der Waals surface area contributed by atoms with Crippen LogP contribution in [0.5, 0.6) is 5.75 Å². The van der Waals surface area contributed by atoms with E-state index < -0.39 is 11.9 Å². The zero-order valence-corrected chi connectivity index (χ0v) is 18.2. The highest BCUT2D eigenvalue weighted by molar-refractivity contribution is 7.21. The molecule has 0 unspecified atom stereocenters. The summed E-state index contributed by atoms with van der Waals surface area (Å²) < 4.78 is 6.73. The minimum Gasteiger partial charge on any atom is -0.487 e. The van der Waals surface area contributed by atoms with Crippen molar-refractivity contribution in [3.8, 4) is 5.75 Å². The van der Waals surface area contributed by atoms with E-state index in [1.807, 2.05) is 24.3 Å². The Morgan fingerprint density at radius 2 is 1.74 bits per heavy atom. The molecule has 0 fully saturated rings. The number of carbonyl (C=O) groups excluding carboxylic acids is 1. The second kappa shape index (κ2) is 8.98. The predicted octanol–water partition coefficient (Wildman–Crippen LogP) is 6.74. The van der Waals surface area contributed by atoms with Crippen LogP contribution in [0.3, 0.4) is 0 Å². The van der Waals surface area contributed by atoms with Crippen LogP contribution in [0, 0.1) is 0 Å². The molecule has 4 aromatic rings. The van der Waals surface area contributed by atoms with Crippen molar-refractivity contribution in [3.63, 3.8) is 0 Å². The summed E-state index contributed by atoms with van der Waals surface area (Å²) in [5, 5.41) is 13.9. The number of halogens is 2. The Morgan fingerprint density at radius 3 is 2.45 bits per heavy atom. The van der Waals surface area contributed by atoms with Gasteiger partial charge < -0.3 is 15.2 Å². The van der Waals surface area contributed by atoms with E-state index in [-0.39, 0.29) is 17.9 Å². The third kappa shape index (κ3) is 4.66. The summed E-state index contributed by atoms with van der Waals surface area (Å²) in [6.45, 7) is 0.173. The van der Waals surface area contributed by atoms with Crippen molar-refractivity contribution in [1.29, 1.82) is 0 Å². The Balaban J connectivity index is 1.61. The fourth-order valence-corrected chi connectivity index (χ4v) is 4.50. The smallest absolute Gasteiger partial charge is 0.335 e. The fraction of sp³-hybridized carbons (Fsp3) is 0.0435. The van der Waals surface area contributed by atoms with Gasteiger partial charge in [-0.2, -0.15) is 0 Å². The van der Waals surface area contributed by atoms with E-state index in [4.69, 9.17) is 27.9 Å². The largest absolute Gasteiger partial charge is 0.487 e. The molecule has 0 radical (unpaired) electrons. The van der Waals surface area contributed by atoms with Gasteiger partial charge in [-0.3, -0.25) is 4.79 Å². The van der Waals surface area contributed by atoms with E-state index in [1.165, 1.54) is 29.5 Å². The maximum absolute atomic E-state index is 12.9. The number of amides is 1. The number of benzene rings is 3. The molecule has 3 aromatic carbocycles. The van der Waals surface area contributed by atoms with Gasteiger partial charge in [0.2, 0.25) is 0 Å². The van der Waals surface area contributed by atoms with E-state index in [2.05, 4.69) is 5.32 Å². The first kappa shape index (κ1) is 21.2. The number of hydrogen-bond acceptors (Lipinski definition) is 4. The zero-order chi connectivity index (χ0) is 22.0. The molecule has 0 aliphatic carbocycles. The standard InChI is InChI=1S/C23H15Cl2NO4S/c24-15-8-5-13(6-9-15)12-30-18-11-14(23(28)29)7-10-17(18)26-22(27)21-20(25)16-3-1-2-4-19(16)31-21/h1-11H,12H2,(H,26,27)(H,28,29). The molecular formula is C23H15Cl2NO4S. The summed E-state index contributed by atoms with van der Waals surface area (Å²) in [7, 11) is 0. The summed E-state index contributed by atoms with van der Waals surface area (Å²) >= 11 is 13.6. The second-order valence-corrected chi connectivity index (χ2v) is 8.49. The molecule has 0 saturated carbocycles. The summed E-state index contributed by atoms with van der Waals surface area (Å²) in [6, 6.07) is 18.8. The molecular weight excluding hydrogens is 457 g/mol. The third-order valence-electron chi connectivity index (χ3n) is 4.53. The highest BCUT2D eigenvalue weighted by Gasteiger charge is 2.19. The summed E-state index contributed by atoms with van der Waals surface area (Å²) in [5.74, 6) is -1.26. The van der Waals surface area contributed by atoms with E-state index in [0.29, 0.717) is 20.6 Å². The maximum atomic E-state index is 12.9. The van der Waals surface area contributed by atoms with Crippen molar-refractivity contribution in [3.05, 3.63) is 92.8 Å². The number of ether oxygens (including phenoxy) is 1. The average Bonchev–Trinajstić information content (AvgIpc) is 3.11. The molecule has 0 aliphatic heterocycles. The van der Waals surface area contributed by atoms with Crippen LogP contribution >= 0.6 is 34.5 Å². The Hall–Kier alpha value is -3.06. The van der Waals surface area contributed by atoms with E-state index in [1.54, 1.807) is 24.3 Å². The van der Waals surface area contributed by atoms with Crippen molar-refractivity contribution >= 4 is 62.2 Å². The monoisotopic (exact) mass is 471 g/mol. The van der Waals surface area contributed by atoms with Gasteiger partial charge >= 0.3 is 5.97 Å². The number of fused-ring (bicyclic) bond motifs is 1. The maximum Gasteiger partial charge on any atom is 0.335 e. The van der Waals surface area contributed by atoms with Crippen molar-refractivity contribution in [2.45, 2.75) is 6.61 Å². The first-order chi connectivity index (χ1) is 14.9. The van der Waals surface area contributed by atoms with Crippen LogP contribution in [0.25, 0.3) is 10.1 Å². The topological polar surface area (TPSA) is 75.6 Å². The lowest BCUT2D eigenvalue weighted by molar-refractivity contribution is 0.0696. The SMILES string of the molecule is O=C(O)c1ccc(NC(=O)c2sc3ccccc3c2Cl)c(OCc2ccc(Cl)cc2)c1. The molecule has 1 amide bonds. The number of thiophene rings is 1. The van der Waals surface area contributed by atoms with Gasteiger partial charge in [0.1, 0.15) is 17.2 Å². The van der Waals surface area contributed by atoms with Crippen LogP contribution in [0.1, 0.15) is 25.6 Å². The molecule has 31 heavy (non-hydrogen) atoms. The van der Waals surface area contributed by atoms with Gasteiger partial charge in [0.25, 0.3) is 5.91 Å². The number of hydrogen-bond donors (Lipinski definition) is 2. The molecule has 5 nitrogen and oxygen atoms in total. The summed E-state index contributed by atoms with van der Waals surface area (Å²) in [5.41, 5.74) is 1.23. The third-order valence-corrected chi connectivity index (χ3v) is 6.45. The molecule has 4 rings (SSSR count). The van der Waals surface area contributed by atoms with Crippen molar-refractivity contribution in [2.75, 3.05) is 5.32 Å². The Kier molecular flexibility index (Phi) is 6.13. The van der Waals surface area contributed by atoms with Gasteiger partial charge in [-0.1, -0.05) is 53.5 Å². The lowest BCUT2D eigenvalue weighted by atomic mass is 10.2. The molecule has 8 heteroatoms. The molecule has 1 heterocycles. The van der Waals surface area contributed by atoms with Gasteiger partial charge in [-0.25, -0.2) is 4.79 Å². The van der Waals surface area contributed by atoms with Crippen LogP contribution in [0.4, 0.5) is 5.69 Å². The average molecular weight is 472 g/mol. The molecule has 0 aliphatic rings. The Morgan fingerprint density at radius 1 is 1.00 bits per heavy atom. The summed E-state index contributed by atoms with van der Waals surface area (Å²) in [6.07, 6.45) is 0. The fourth-order valence-electron chi connectivity index (χ4n) is 2.96. The van der Waals surface area contributed by atoms with Crippen LogP contribution < -0.4 is 10.1 Å². The van der Waals surface area contributed by atoms with Crippen molar-refractivity contribution in [1.82, 2.24) is 0 Å². The Labute approximate surface area is 191 Å². The number of carbonyl (C=O) groups is 2. The normalized spacial score (nSPS) is 10.8. The second-order valence-electron chi connectivity index (χ2n) is 6.63. The lowest BCUT2D eigenvalue weighted by Gasteiger charge is -2.13. The van der Waals surface area contributed by atoms with Crippen LogP contribution in [0.2, 0.25) is 10.0 Å². The van der Waals surface area contributed by atoms with Crippen LogP contribution in [-0.4, -0.2) is 17.0 Å². The van der Waals surface area contributed by atoms with Gasteiger partial charge in [0, 0.05) is 15.1 Å². The highest BCUT2D eigenvalue weighted by atomic mass is 35.5. The number of rotatable bonds is 6. The number of aromatic carboxylic acids is 1. The zero-order valence-electron chi connectivity index (χ0n) is 15.9. The van der Waals surface area contributed by atoms with Crippen molar-refractivity contribution in [2.24, 2.45) is 0 Å².